The molecule has 0 saturated heterocycles. The second kappa shape index (κ2) is 7.82. The molecular formula is C22H14F3N3O2. The average molecular weight is 409 g/mol. The van der Waals surface area contributed by atoms with E-state index in [0.29, 0.717) is 22.4 Å². The summed E-state index contributed by atoms with van der Waals surface area (Å²) >= 11 is 0. The van der Waals surface area contributed by atoms with Gasteiger partial charge in [0.05, 0.1) is 0 Å². The van der Waals surface area contributed by atoms with E-state index in [1.165, 1.54) is 36.7 Å². The molecule has 0 aliphatic rings. The van der Waals surface area contributed by atoms with Gasteiger partial charge in [0.25, 0.3) is 5.91 Å². The normalized spacial score (nSPS) is 11.3. The molecule has 5 nitrogen and oxygen atoms in total. The first-order valence-corrected chi connectivity index (χ1v) is 8.87. The molecule has 0 atom stereocenters. The van der Waals surface area contributed by atoms with E-state index in [4.69, 9.17) is 4.42 Å². The maximum absolute atomic E-state index is 13.4. The molecule has 0 aliphatic heterocycles. The number of rotatable bonds is 4. The van der Waals surface area contributed by atoms with E-state index in [2.05, 4.69) is 15.3 Å². The SMILES string of the molecule is O=C(Nc1ccc(-c2nc(-c3ccccc3)c(C(F)(F)F)o2)cc1)c1ccncc1. The van der Waals surface area contributed by atoms with Gasteiger partial charge in [-0.1, -0.05) is 30.3 Å². The number of carbonyl (C=O) groups excluding carboxylic acids is 1. The van der Waals surface area contributed by atoms with Gasteiger partial charge in [-0.3, -0.25) is 9.78 Å². The molecule has 30 heavy (non-hydrogen) atoms. The first kappa shape index (κ1) is 19.4. The van der Waals surface area contributed by atoms with Crippen LogP contribution in [0.2, 0.25) is 0 Å². The highest BCUT2D eigenvalue weighted by molar-refractivity contribution is 6.04. The maximum atomic E-state index is 13.4. The van der Waals surface area contributed by atoms with Crippen molar-refractivity contribution in [2.75, 3.05) is 5.32 Å². The lowest BCUT2D eigenvalue weighted by molar-refractivity contribution is -0.152. The van der Waals surface area contributed by atoms with Crippen molar-refractivity contribution in [1.29, 1.82) is 0 Å². The highest BCUT2D eigenvalue weighted by Crippen LogP contribution is 2.39. The Kier molecular flexibility index (Phi) is 5.05. The Balaban J connectivity index is 1.62. The summed E-state index contributed by atoms with van der Waals surface area (Å²) in [6, 6.07) is 17.4. The molecule has 0 unspecified atom stereocenters. The van der Waals surface area contributed by atoms with Crippen molar-refractivity contribution in [3.63, 3.8) is 0 Å². The first-order valence-electron chi connectivity index (χ1n) is 8.87. The monoisotopic (exact) mass is 409 g/mol. The van der Waals surface area contributed by atoms with Crippen molar-refractivity contribution >= 4 is 11.6 Å². The molecule has 2 heterocycles. The van der Waals surface area contributed by atoms with Crippen molar-refractivity contribution in [3.05, 3.63) is 90.4 Å². The zero-order valence-corrected chi connectivity index (χ0v) is 15.4. The molecule has 4 rings (SSSR count). The van der Waals surface area contributed by atoms with Crippen molar-refractivity contribution < 1.29 is 22.4 Å². The zero-order chi connectivity index (χ0) is 21.1. The van der Waals surface area contributed by atoms with Crippen LogP contribution in [0.15, 0.2) is 83.5 Å². The summed E-state index contributed by atoms with van der Waals surface area (Å²) in [6.07, 6.45) is -1.68. The summed E-state index contributed by atoms with van der Waals surface area (Å²) in [5, 5.41) is 2.71. The Labute approximate surface area is 169 Å². The van der Waals surface area contributed by atoms with Gasteiger partial charge in [-0.25, -0.2) is 4.98 Å². The minimum Gasteiger partial charge on any atom is -0.431 e. The van der Waals surface area contributed by atoms with Crippen LogP contribution in [0.5, 0.6) is 0 Å². The maximum Gasteiger partial charge on any atom is 0.451 e. The van der Waals surface area contributed by atoms with Crippen LogP contribution in [-0.4, -0.2) is 15.9 Å². The smallest absolute Gasteiger partial charge is 0.431 e. The highest BCUT2D eigenvalue weighted by Gasteiger charge is 2.40. The molecule has 8 heteroatoms. The van der Waals surface area contributed by atoms with Crippen molar-refractivity contribution in [2.45, 2.75) is 6.18 Å². The van der Waals surface area contributed by atoms with Crippen LogP contribution in [0.3, 0.4) is 0 Å². The van der Waals surface area contributed by atoms with Crippen LogP contribution in [0.4, 0.5) is 18.9 Å². The third-order valence-electron chi connectivity index (χ3n) is 4.26. The number of carbonyl (C=O) groups is 1. The minimum atomic E-state index is -4.69. The lowest BCUT2D eigenvalue weighted by Gasteiger charge is -2.05. The lowest BCUT2D eigenvalue weighted by Crippen LogP contribution is -2.11. The van der Waals surface area contributed by atoms with Gasteiger partial charge in [-0.2, -0.15) is 13.2 Å². The fraction of sp³-hybridized carbons (Fsp3) is 0.0455. The van der Waals surface area contributed by atoms with Crippen molar-refractivity contribution in [1.82, 2.24) is 9.97 Å². The van der Waals surface area contributed by atoms with Crippen molar-refractivity contribution in [3.8, 4) is 22.7 Å². The van der Waals surface area contributed by atoms with Crippen LogP contribution >= 0.6 is 0 Å². The second-order valence-corrected chi connectivity index (χ2v) is 6.33. The largest absolute Gasteiger partial charge is 0.451 e. The minimum absolute atomic E-state index is 0.159. The molecular weight excluding hydrogens is 395 g/mol. The van der Waals surface area contributed by atoms with Gasteiger partial charge in [-0.05, 0) is 36.4 Å². The summed E-state index contributed by atoms with van der Waals surface area (Å²) in [7, 11) is 0. The van der Waals surface area contributed by atoms with Crippen LogP contribution in [0.1, 0.15) is 16.1 Å². The van der Waals surface area contributed by atoms with Crippen LogP contribution in [-0.2, 0) is 6.18 Å². The highest BCUT2D eigenvalue weighted by atomic mass is 19.4. The molecule has 150 valence electrons. The zero-order valence-electron chi connectivity index (χ0n) is 15.4. The number of nitrogens with one attached hydrogen (secondary N) is 1. The van der Waals surface area contributed by atoms with Crippen LogP contribution < -0.4 is 5.32 Å². The standard InChI is InChI=1S/C22H14F3N3O2/c23-22(24,25)19-18(14-4-2-1-3-5-14)28-21(30-19)16-6-8-17(9-7-16)27-20(29)15-10-12-26-13-11-15/h1-13H,(H,27,29). The van der Waals surface area contributed by atoms with E-state index in [1.54, 1.807) is 42.5 Å². The Bertz CT molecular complexity index is 1160. The number of anilines is 1. The van der Waals surface area contributed by atoms with Gasteiger partial charge in [-0.15, -0.1) is 0 Å². The third kappa shape index (κ3) is 4.07. The molecule has 1 N–H and O–H groups in total. The average Bonchev–Trinajstić information content (AvgIpc) is 3.22. The molecule has 0 radical (unpaired) electrons. The number of benzene rings is 2. The number of aromatic nitrogens is 2. The lowest BCUT2D eigenvalue weighted by atomic mass is 10.1. The van der Waals surface area contributed by atoms with Gasteiger partial charge in [0, 0.05) is 34.8 Å². The number of oxazole rings is 1. The number of hydrogen-bond donors (Lipinski definition) is 1. The molecule has 0 aliphatic carbocycles. The first-order chi connectivity index (χ1) is 14.4. The molecule has 4 aromatic rings. The molecule has 0 bridgehead atoms. The van der Waals surface area contributed by atoms with E-state index in [9.17, 15) is 18.0 Å². The molecule has 0 saturated carbocycles. The number of alkyl halides is 3. The van der Waals surface area contributed by atoms with Gasteiger partial charge in [0.15, 0.2) is 0 Å². The van der Waals surface area contributed by atoms with E-state index < -0.39 is 11.9 Å². The summed E-state index contributed by atoms with van der Waals surface area (Å²) < 4.78 is 45.4. The molecule has 2 aromatic carbocycles. The quantitative estimate of drug-likeness (QED) is 0.471. The van der Waals surface area contributed by atoms with Gasteiger partial charge in [0.2, 0.25) is 11.7 Å². The van der Waals surface area contributed by atoms with E-state index in [-0.39, 0.29) is 17.5 Å². The fourth-order valence-electron chi connectivity index (χ4n) is 2.83. The third-order valence-corrected chi connectivity index (χ3v) is 4.26. The number of amides is 1. The summed E-state index contributed by atoms with van der Waals surface area (Å²) in [6.45, 7) is 0. The van der Waals surface area contributed by atoms with Gasteiger partial charge >= 0.3 is 6.18 Å². The van der Waals surface area contributed by atoms with Gasteiger partial charge in [0.1, 0.15) is 5.69 Å². The van der Waals surface area contributed by atoms with E-state index in [0.717, 1.165) is 0 Å². The summed E-state index contributed by atoms with van der Waals surface area (Å²) in [4.78, 5) is 20.1. The predicted molar refractivity (Wildman–Crippen MR) is 105 cm³/mol. The van der Waals surface area contributed by atoms with E-state index in [1.807, 2.05) is 0 Å². The molecule has 0 fully saturated rings. The van der Waals surface area contributed by atoms with Crippen molar-refractivity contribution in [2.24, 2.45) is 0 Å². The Morgan fingerprint density at radius 3 is 2.17 bits per heavy atom. The second-order valence-electron chi connectivity index (χ2n) is 6.33. The number of nitrogens with zero attached hydrogens (tertiary/aromatic N) is 2. The topological polar surface area (TPSA) is 68.0 Å². The number of pyridine rings is 1. The summed E-state index contributed by atoms with van der Waals surface area (Å²) in [5.74, 6) is -1.64. The van der Waals surface area contributed by atoms with Crippen LogP contribution in [0, 0.1) is 0 Å². The molecule has 0 spiro atoms. The van der Waals surface area contributed by atoms with Gasteiger partial charge < -0.3 is 9.73 Å². The predicted octanol–water partition coefficient (Wildman–Crippen LogP) is 5.67. The number of halogens is 3. The van der Waals surface area contributed by atoms with Crippen LogP contribution in [0.25, 0.3) is 22.7 Å². The Morgan fingerprint density at radius 2 is 1.53 bits per heavy atom. The number of hydrogen-bond acceptors (Lipinski definition) is 4. The Hall–Kier alpha value is -3.94. The Morgan fingerprint density at radius 1 is 0.867 bits per heavy atom. The molecule has 2 aromatic heterocycles. The molecule has 1 amide bonds. The summed E-state index contributed by atoms with van der Waals surface area (Å²) in [5.41, 5.74) is 1.30. The fourth-order valence-corrected chi connectivity index (χ4v) is 2.83. The van der Waals surface area contributed by atoms with E-state index >= 15 is 0 Å².